The molecular weight excluding hydrogens is 305 g/mol. The van der Waals surface area contributed by atoms with Crippen LogP contribution in [0.5, 0.6) is 0 Å². The molecule has 0 saturated heterocycles. The summed E-state index contributed by atoms with van der Waals surface area (Å²) in [5, 5.41) is 20.2. The first-order valence-corrected chi connectivity index (χ1v) is 7.22. The number of aliphatic hydroxyl groups excluding tert-OH is 1. The van der Waals surface area contributed by atoms with Crippen molar-refractivity contribution >= 4 is 38.7 Å². The molecule has 0 aliphatic carbocycles. The Balaban J connectivity index is 3.12. The molecule has 18 heavy (non-hydrogen) atoms. The lowest BCUT2D eigenvalue weighted by Crippen LogP contribution is -2.32. The van der Waals surface area contributed by atoms with E-state index in [0.717, 1.165) is 18.4 Å². The molecule has 0 bridgehead atoms. The Kier molecular flexibility index (Phi) is 4.22. The van der Waals surface area contributed by atoms with Crippen molar-refractivity contribution in [3.63, 3.8) is 0 Å². The molecule has 1 atom stereocenters. The highest BCUT2D eigenvalue weighted by Crippen LogP contribution is 2.40. The van der Waals surface area contributed by atoms with E-state index in [4.69, 9.17) is 23.2 Å². The fraction of sp³-hybridized carbons (Fsp3) is 0.333. The third-order valence-corrected chi connectivity index (χ3v) is 5.54. The third-order valence-electron chi connectivity index (χ3n) is 2.23. The Morgan fingerprint density at radius 1 is 1.33 bits per heavy atom. The zero-order chi connectivity index (χ0) is 14.1. The van der Waals surface area contributed by atoms with Crippen molar-refractivity contribution in [2.45, 2.75) is 9.77 Å². The normalized spacial score (nSPS) is 14.2. The Labute approximate surface area is 113 Å². The van der Waals surface area contributed by atoms with Gasteiger partial charge in [-0.15, -0.1) is 0 Å². The molecule has 0 amide bonds. The van der Waals surface area contributed by atoms with Gasteiger partial charge in [-0.2, -0.15) is 0 Å². The van der Waals surface area contributed by atoms with Crippen molar-refractivity contribution in [1.29, 1.82) is 0 Å². The molecule has 0 heterocycles. The number of hydrogen-bond donors (Lipinski definition) is 1. The first kappa shape index (κ1) is 15.2. The van der Waals surface area contributed by atoms with E-state index in [2.05, 4.69) is 0 Å². The molecule has 1 N–H and O–H groups in total. The molecule has 1 rings (SSSR count). The zero-order valence-corrected chi connectivity index (χ0v) is 11.4. The maximum atomic E-state index is 11.3. The highest BCUT2D eigenvalue weighted by Gasteiger charge is 2.44. The molecular formula is C9H9Cl2NO5S. The van der Waals surface area contributed by atoms with Gasteiger partial charge in [-0.25, -0.2) is 8.42 Å². The van der Waals surface area contributed by atoms with Crippen LogP contribution in [0.4, 0.5) is 5.69 Å². The van der Waals surface area contributed by atoms with E-state index in [1.807, 2.05) is 0 Å². The number of non-ortho nitro benzene ring substituents is 1. The second kappa shape index (κ2) is 5.00. The highest BCUT2D eigenvalue weighted by atomic mass is 35.5. The van der Waals surface area contributed by atoms with Crippen LogP contribution in [-0.4, -0.2) is 28.4 Å². The van der Waals surface area contributed by atoms with Crippen LogP contribution in [-0.2, 0) is 9.84 Å². The lowest BCUT2D eigenvalue weighted by molar-refractivity contribution is -0.384. The van der Waals surface area contributed by atoms with E-state index < -0.39 is 24.5 Å². The lowest BCUT2D eigenvalue weighted by Gasteiger charge is -2.23. The van der Waals surface area contributed by atoms with E-state index >= 15 is 0 Å². The predicted molar refractivity (Wildman–Crippen MR) is 67.3 cm³/mol. The van der Waals surface area contributed by atoms with Gasteiger partial charge in [0, 0.05) is 18.4 Å². The molecule has 0 saturated carbocycles. The number of nitrogens with zero attached hydrogens (tertiary/aromatic N) is 1. The zero-order valence-electron chi connectivity index (χ0n) is 9.08. The molecule has 0 aliphatic heterocycles. The van der Waals surface area contributed by atoms with Crippen LogP contribution in [0.1, 0.15) is 11.7 Å². The quantitative estimate of drug-likeness (QED) is 0.519. The van der Waals surface area contributed by atoms with Gasteiger partial charge in [-0.1, -0.05) is 23.2 Å². The van der Waals surface area contributed by atoms with Gasteiger partial charge in [0.15, 0.2) is 9.84 Å². The number of aliphatic hydroxyl groups is 1. The number of nitro groups is 1. The topological polar surface area (TPSA) is 97.5 Å². The number of nitro benzene ring substituents is 1. The molecule has 0 aliphatic rings. The first-order chi connectivity index (χ1) is 8.07. The van der Waals surface area contributed by atoms with Crippen LogP contribution in [0.15, 0.2) is 24.3 Å². The minimum absolute atomic E-state index is 0.0658. The number of alkyl halides is 2. The van der Waals surface area contributed by atoms with E-state index in [1.54, 1.807) is 0 Å². The van der Waals surface area contributed by atoms with Crippen molar-refractivity contribution in [2.24, 2.45) is 0 Å². The van der Waals surface area contributed by atoms with Gasteiger partial charge in [-0.3, -0.25) is 10.1 Å². The summed E-state index contributed by atoms with van der Waals surface area (Å²) in [7, 11) is -3.93. The first-order valence-electron chi connectivity index (χ1n) is 4.57. The number of halogens is 2. The molecule has 0 fully saturated rings. The minimum Gasteiger partial charge on any atom is -0.384 e. The van der Waals surface area contributed by atoms with Crippen LogP contribution in [0.25, 0.3) is 0 Å². The van der Waals surface area contributed by atoms with Crippen LogP contribution in [0, 0.1) is 10.1 Å². The Hall–Kier alpha value is -0.890. The fourth-order valence-electron chi connectivity index (χ4n) is 1.18. The largest absolute Gasteiger partial charge is 0.384 e. The maximum absolute atomic E-state index is 11.3. The van der Waals surface area contributed by atoms with Crippen LogP contribution in [0.2, 0.25) is 0 Å². The summed E-state index contributed by atoms with van der Waals surface area (Å²) < 4.78 is 20.2. The van der Waals surface area contributed by atoms with E-state index in [0.29, 0.717) is 0 Å². The van der Waals surface area contributed by atoms with Crippen molar-refractivity contribution in [3.05, 3.63) is 39.9 Å². The van der Waals surface area contributed by atoms with Gasteiger partial charge in [0.05, 0.1) is 4.92 Å². The Bertz CT molecular complexity index is 555. The number of benzene rings is 1. The van der Waals surface area contributed by atoms with E-state index in [-0.39, 0.29) is 11.3 Å². The second-order valence-electron chi connectivity index (χ2n) is 3.59. The summed E-state index contributed by atoms with van der Waals surface area (Å²) in [5.41, 5.74) is -0.129. The number of rotatable bonds is 4. The smallest absolute Gasteiger partial charge is 0.269 e. The summed E-state index contributed by atoms with van der Waals surface area (Å²) >= 11 is 11.2. The summed E-state index contributed by atoms with van der Waals surface area (Å²) in [4.78, 5) is 9.81. The standard InChI is InChI=1S/C9H9Cl2NO5S/c1-18(16,17)9(10,11)8(13)6-2-4-7(5-3-6)12(14)15/h2-5,8,13H,1H3. The van der Waals surface area contributed by atoms with Crippen LogP contribution < -0.4 is 0 Å². The van der Waals surface area contributed by atoms with Gasteiger partial charge in [0.2, 0.25) is 3.67 Å². The molecule has 0 aromatic heterocycles. The molecule has 6 nitrogen and oxygen atoms in total. The monoisotopic (exact) mass is 313 g/mol. The van der Waals surface area contributed by atoms with Gasteiger partial charge in [0.25, 0.3) is 5.69 Å². The Morgan fingerprint density at radius 3 is 2.11 bits per heavy atom. The fourth-order valence-corrected chi connectivity index (χ4v) is 1.97. The molecule has 1 aromatic rings. The van der Waals surface area contributed by atoms with Gasteiger partial charge >= 0.3 is 0 Å². The molecule has 9 heteroatoms. The average molecular weight is 314 g/mol. The van der Waals surface area contributed by atoms with E-state index in [1.165, 1.54) is 12.1 Å². The molecule has 1 aromatic carbocycles. The van der Waals surface area contributed by atoms with Crippen molar-refractivity contribution in [3.8, 4) is 0 Å². The minimum atomic E-state index is -3.93. The van der Waals surface area contributed by atoms with Gasteiger partial charge in [-0.05, 0) is 17.7 Å². The number of hydrogen-bond acceptors (Lipinski definition) is 5. The average Bonchev–Trinajstić information content (AvgIpc) is 2.26. The second-order valence-corrected chi connectivity index (χ2v) is 7.61. The summed E-state index contributed by atoms with van der Waals surface area (Å²) in [5.74, 6) is 0. The Morgan fingerprint density at radius 2 is 1.78 bits per heavy atom. The summed E-state index contributed by atoms with van der Waals surface area (Å²) in [6, 6.07) is 4.61. The molecule has 100 valence electrons. The van der Waals surface area contributed by atoms with Crippen LogP contribution >= 0.6 is 23.2 Å². The maximum Gasteiger partial charge on any atom is 0.269 e. The van der Waals surface area contributed by atoms with Crippen LogP contribution in [0.3, 0.4) is 0 Å². The number of sulfone groups is 1. The lowest BCUT2D eigenvalue weighted by atomic mass is 10.1. The van der Waals surface area contributed by atoms with Gasteiger partial charge < -0.3 is 5.11 Å². The predicted octanol–water partition coefficient (Wildman–Crippen LogP) is 1.80. The molecule has 0 spiro atoms. The summed E-state index contributed by atoms with van der Waals surface area (Å²) in [6.45, 7) is 0. The van der Waals surface area contributed by atoms with Gasteiger partial charge in [0.1, 0.15) is 6.10 Å². The molecule has 1 unspecified atom stereocenters. The SMILES string of the molecule is CS(=O)(=O)C(Cl)(Cl)C(O)c1ccc([N+](=O)[O-])cc1. The molecule has 0 radical (unpaired) electrons. The van der Waals surface area contributed by atoms with Crippen molar-refractivity contribution < 1.29 is 18.4 Å². The van der Waals surface area contributed by atoms with Crippen molar-refractivity contribution in [1.82, 2.24) is 0 Å². The highest BCUT2D eigenvalue weighted by molar-refractivity contribution is 7.94. The van der Waals surface area contributed by atoms with E-state index in [9.17, 15) is 23.6 Å². The third kappa shape index (κ3) is 2.92. The van der Waals surface area contributed by atoms with Crippen molar-refractivity contribution in [2.75, 3.05) is 6.26 Å². The summed E-state index contributed by atoms with van der Waals surface area (Å²) in [6.07, 6.45) is -0.932.